The molecule has 0 spiro atoms. The molecule has 3 fully saturated rings. The number of imidazole rings is 1. The van der Waals surface area contributed by atoms with Crippen LogP contribution in [0.3, 0.4) is 0 Å². The molecule has 25 heavy (non-hydrogen) atoms. The molecule has 1 aliphatic carbocycles. The van der Waals surface area contributed by atoms with Gasteiger partial charge in [-0.3, -0.25) is 9.69 Å². The Labute approximate surface area is 151 Å². The summed E-state index contributed by atoms with van der Waals surface area (Å²) in [5.74, 6) is 0.642. The monoisotopic (exact) mass is 360 g/mol. The summed E-state index contributed by atoms with van der Waals surface area (Å²) in [5, 5.41) is 3.76. The van der Waals surface area contributed by atoms with Crippen molar-refractivity contribution in [3.63, 3.8) is 0 Å². The smallest absolute Gasteiger partial charge is 0.271 e. The molecule has 6 nitrogen and oxygen atoms in total. The molecular formula is C18H21ClN4O2. The summed E-state index contributed by atoms with van der Waals surface area (Å²) in [7, 11) is 0. The first-order valence-corrected chi connectivity index (χ1v) is 9.34. The molecule has 1 saturated carbocycles. The van der Waals surface area contributed by atoms with Crippen LogP contribution < -0.4 is 5.32 Å². The van der Waals surface area contributed by atoms with Crippen LogP contribution in [0.5, 0.6) is 0 Å². The Bertz CT molecular complexity index is 819. The maximum absolute atomic E-state index is 12.6. The summed E-state index contributed by atoms with van der Waals surface area (Å²) >= 11 is 5.99. The minimum absolute atomic E-state index is 0.121. The highest BCUT2D eigenvalue weighted by Crippen LogP contribution is 2.37. The molecule has 0 unspecified atom stereocenters. The average molecular weight is 361 g/mol. The van der Waals surface area contributed by atoms with E-state index in [1.807, 2.05) is 6.07 Å². The normalized spacial score (nSPS) is 29.7. The number of hydrogen-bond donors (Lipinski definition) is 1. The van der Waals surface area contributed by atoms with Gasteiger partial charge in [-0.1, -0.05) is 11.6 Å². The van der Waals surface area contributed by atoms with Gasteiger partial charge in [-0.05, 0) is 37.3 Å². The molecule has 0 radical (unpaired) electrons. The van der Waals surface area contributed by atoms with Crippen LogP contribution in [0.4, 0.5) is 0 Å². The van der Waals surface area contributed by atoms with Gasteiger partial charge in [0.25, 0.3) is 5.91 Å². The Hall–Kier alpha value is -1.63. The van der Waals surface area contributed by atoms with E-state index in [1.165, 1.54) is 12.8 Å². The van der Waals surface area contributed by atoms with Gasteiger partial charge in [-0.2, -0.15) is 0 Å². The van der Waals surface area contributed by atoms with Gasteiger partial charge >= 0.3 is 0 Å². The minimum Gasteiger partial charge on any atom is -0.375 e. The van der Waals surface area contributed by atoms with Crippen LogP contribution in [-0.2, 0) is 4.74 Å². The predicted molar refractivity (Wildman–Crippen MR) is 93.9 cm³/mol. The number of carbonyl (C=O) groups excluding carboxylic acids is 1. The van der Waals surface area contributed by atoms with Gasteiger partial charge in [0.1, 0.15) is 11.3 Å². The molecule has 3 aliphatic rings. The third-order valence-electron chi connectivity index (χ3n) is 5.58. The maximum Gasteiger partial charge on any atom is 0.271 e. The average Bonchev–Trinajstić information content (AvgIpc) is 3.23. The molecule has 1 N–H and O–H groups in total. The van der Waals surface area contributed by atoms with E-state index >= 15 is 0 Å². The first kappa shape index (κ1) is 15.6. The van der Waals surface area contributed by atoms with E-state index in [1.54, 1.807) is 22.9 Å². The Morgan fingerprint density at radius 2 is 2.16 bits per heavy atom. The lowest BCUT2D eigenvalue weighted by atomic mass is 10.1. The molecule has 5 rings (SSSR count). The second-order valence-corrected chi connectivity index (χ2v) is 7.90. The number of pyridine rings is 1. The molecule has 4 heterocycles. The van der Waals surface area contributed by atoms with Gasteiger partial charge in [-0.15, -0.1) is 0 Å². The SMILES string of the molecule is O=C(N[C@H]1C[C@H]2CO[C@H](C3CC3)CN2C1)c1cn2cc(Cl)ccc2n1. The molecular weight excluding hydrogens is 340 g/mol. The summed E-state index contributed by atoms with van der Waals surface area (Å²) < 4.78 is 7.80. The Morgan fingerprint density at radius 3 is 3.00 bits per heavy atom. The van der Waals surface area contributed by atoms with Crippen LogP contribution in [0.2, 0.25) is 5.02 Å². The fraction of sp³-hybridized carbons (Fsp3) is 0.556. The third-order valence-corrected chi connectivity index (χ3v) is 5.80. The summed E-state index contributed by atoms with van der Waals surface area (Å²) in [6, 6.07) is 4.17. The fourth-order valence-corrected chi connectivity index (χ4v) is 4.26. The van der Waals surface area contributed by atoms with Crippen molar-refractivity contribution in [3.8, 4) is 0 Å². The number of aromatic nitrogens is 2. The number of ether oxygens (including phenoxy) is 1. The van der Waals surface area contributed by atoms with Crippen LogP contribution in [-0.4, -0.2) is 58.1 Å². The number of rotatable bonds is 3. The molecule has 3 atom stereocenters. The van der Waals surface area contributed by atoms with Crippen molar-refractivity contribution >= 4 is 23.2 Å². The lowest BCUT2D eigenvalue weighted by Crippen LogP contribution is -2.47. The second-order valence-electron chi connectivity index (χ2n) is 7.46. The minimum atomic E-state index is -0.121. The van der Waals surface area contributed by atoms with Crippen molar-refractivity contribution in [1.29, 1.82) is 0 Å². The highest BCUT2D eigenvalue weighted by atomic mass is 35.5. The molecule has 2 aromatic rings. The topological polar surface area (TPSA) is 58.9 Å². The number of carbonyl (C=O) groups is 1. The van der Waals surface area contributed by atoms with E-state index in [9.17, 15) is 4.79 Å². The number of amides is 1. The molecule has 0 bridgehead atoms. The van der Waals surface area contributed by atoms with Gasteiger partial charge in [-0.25, -0.2) is 4.98 Å². The van der Waals surface area contributed by atoms with Gasteiger partial charge < -0.3 is 14.5 Å². The number of fused-ring (bicyclic) bond motifs is 2. The standard InChI is InChI=1S/C18H21ClN4O2/c19-12-3-4-17-21-15(8-23(17)6-12)18(24)20-13-5-14-10-25-16(11-1-2-11)9-22(14)7-13/h3-4,6,8,11,13-14,16H,1-2,5,7,9-10H2,(H,20,24)/t13-,14-,16-/m0/s1. The number of nitrogens with zero attached hydrogens (tertiary/aromatic N) is 3. The summed E-state index contributed by atoms with van der Waals surface area (Å²) in [6.07, 6.45) is 7.44. The van der Waals surface area contributed by atoms with Crippen LogP contribution in [0.25, 0.3) is 5.65 Å². The van der Waals surface area contributed by atoms with E-state index < -0.39 is 0 Å². The lowest BCUT2D eigenvalue weighted by molar-refractivity contribution is -0.0581. The van der Waals surface area contributed by atoms with Crippen molar-refractivity contribution < 1.29 is 9.53 Å². The number of nitrogens with one attached hydrogen (secondary N) is 1. The van der Waals surface area contributed by atoms with Crippen LogP contribution in [0, 0.1) is 5.92 Å². The number of halogens is 1. The molecule has 2 aromatic heterocycles. The summed E-state index contributed by atoms with van der Waals surface area (Å²) in [4.78, 5) is 19.4. The van der Waals surface area contributed by atoms with Crippen LogP contribution in [0.1, 0.15) is 29.8 Å². The van der Waals surface area contributed by atoms with E-state index in [4.69, 9.17) is 16.3 Å². The summed E-state index contributed by atoms with van der Waals surface area (Å²) in [5.41, 5.74) is 1.15. The zero-order valence-electron chi connectivity index (χ0n) is 13.9. The first-order chi connectivity index (χ1) is 12.2. The zero-order chi connectivity index (χ0) is 17.0. The summed E-state index contributed by atoms with van der Waals surface area (Å²) in [6.45, 7) is 2.71. The van der Waals surface area contributed by atoms with E-state index in [2.05, 4.69) is 15.2 Å². The number of morpholine rings is 1. The molecule has 7 heteroatoms. The van der Waals surface area contributed by atoms with Crippen molar-refractivity contribution in [2.45, 2.75) is 37.5 Å². The third kappa shape index (κ3) is 3.03. The van der Waals surface area contributed by atoms with Gasteiger partial charge in [0.05, 0.1) is 17.7 Å². The second kappa shape index (κ2) is 5.97. The van der Waals surface area contributed by atoms with Gasteiger partial charge in [0, 0.05) is 37.6 Å². The van der Waals surface area contributed by atoms with E-state index in [0.29, 0.717) is 22.9 Å². The van der Waals surface area contributed by atoms with Crippen LogP contribution >= 0.6 is 11.6 Å². The molecule has 2 saturated heterocycles. The van der Waals surface area contributed by atoms with Crippen molar-refractivity contribution in [1.82, 2.24) is 19.6 Å². The van der Waals surface area contributed by atoms with Crippen LogP contribution in [0.15, 0.2) is 24.5 Å². The van der Waals surface area contributed by atoms with Crippen molar-refractivity contribution in [3.05, 3.63) is 35.2 Å². The van der Waals surface area contributed by atoms with E-state index in [-0.39, 0.29) is 11.9 Å². The quantitative estimate of drug-likeness (QED) is 0.909. The zero-order valence-corrected chi connectivity index (χ0v) is 14.7. The fourth-order valence-electron chi connectivity index (χ4n) is 4.09. The lowest BCUT2D eigenvalue weighted by Gasteiger charge is -2.35. The highest BCUT2D eigenvalue weighted by molar-refractivity contribution is 6.30. The largest absolute Gasteiger partial charge is 0.375 e. The predicted octanol–water partition coefficient (Wildman–Crippen LogP) is 1.97. The molecule has 1 amide bonds. The highest BCUT2D eigenvalue weighted by Gasteiger charge is 2.42. The Balaban J connectivity index is 1.25. The van der Waals surface area contributed by atoms with Gasteiger partial charge in [0.15, 0.2) is 0 Å². The van der Waals surface area contributed by atoms with E-state index in [0.717, 1.165) is 37.7 Å². The Morgan fingerprint density at radius 1 is 1.28 bits per heavy atom. The van der Waals surface area contributed by atoms with Crippen molar-refractivity contribution in [2.75, 3.05) is 19.7 Å². The maximum atomic E-state index is 12.6. The number of hydrogen-bond acceptors (Lipinski definition) is 4. The molecule has 132 valence electrons. The molecule has 2 aliphatic heterocycles. The van der Waals surface area contributed by atoms with Crippen molar-refractivity contribution in [2.24, 2.45) is 5.92 Å². The Kier molecular flexibility index (Phi) is 3.73. The molecule has 0 aromatic carbocycles. The first-order valence-electron chi connectivity index (χ1n) is 8.96. The van der Waals surface area contributed by atoms with Gasteiger partial charge in [0.2, 0.25) is 0 Å².